The molecule has 156 valence electrons. The van der Waals surface area contributed by atoms with Crippen molar-refractivity contribution in [2.75, 3.05) is 24.5 Å². The van der Waals surface area contributed by atoms with Crippen molar-refractivity contribution in [3.8, 4) is 0 Å². The monoisotopic (exact) mass is 415 g/mol. The van der Waals surface area contributed by atoms with Crippen LogP contribution in [0.5, 0.6) is 0 Å². The number of carbonyl (C=O) groups excluding carboxylic acids is 2. The van der Waals surface area contributed by atoms with E-state index in [1.54, 1.807) is 24.3 Å². The molecule has 0 aliphatic heterocycles. The first-order chi connectivity index (χ1) is 13.9. The van der Waals surface area contributed by atoms with Gasteiger partial charge in [-0.25, -0.2) is 0 Å². The smallest absolute Gasteiger partial charge is 0.253 e. The predicted molar refractivity (Wildman–Crippen MR) is 119 cm³/mol. The molecule has 0 saturated heterocycles. The average Bonchev–Trinajstić information content (AvgIpc) is 2.72. The van der Waals surface area contributed by atoms with Gasteiger partial charge in [0.2, 0.25) is 5.91 Å². The third-order valence-electron chi connectivity index (χ3n) is 4.76. The van der Waals surface area contributed by atoms with Crippen molar-refractivity contribution in [1.29, 1.82) is 0 Å². The second-order valence-electron chi connectivity index (χ2n) is 7.23. The largest absolute Gasteiger partial charge is 0.372 e. The van der Waals surface area contributed by atoms with Crippen LogP contribution in [0.2, 0.25) is 5.02 Å². The molecule has 1 atom stereocenters. The summed E-state index contributed by atoms with van der Waals surface area (Å²) in [5.74, 6) is -0.563. The molecule has 0 bridgehead atoms. The molecule has 29 heavy (non-hydrogen) atoms. The number of halogens is 1. The highest BCUT2D eigenvalue weighted by atomic mass is 35.5. The number of carbonyl (C=O) groups is 2. The zero-order chi connectivity index (χ0) is 21.2. The van der Waals surface area contributed by atoms with Crippen molar-refractivity contribution < 1.29 is 9.59 Å². The van der Waals surface area contributed by atoms with Crippen molar-refractivity contribution in [3.05, 3.63) is 65.2 Å². The first kappa shape index (κ1) is 22.8. The summed E-state index contributed by atoms with van der Waals surface area (Å²) < 4.78 is 0. The van der Waals surface area contributed by atoms with Gasteiger partial charge in [0.15, 0.2) is 0 Å². The van der Waals surface area contributed by atoms with Crippen LogP contribution < -0.4 is 15.5 Å². The summed E-state index contributed by atoms with van der Waals surface area (Å²) in [6.45, 7) is 8.23. The van der Waals surface area contributed by atoms with Gasteiger partial charge in [-0.1, -0.05) is 55.8 Å². The summed E-state index contributed by atoms with van der Waals surface area (Å²) in [4.78, 5) is 27.4. The fourth-order valence-electron chi connectivity index (χ4n) is 3.10. The lowest BCUT2D eigenvalue weighted by molar-refractivity contribution is -0.123. The molecule has 2 rings (SSSR count). The highest BCUT2D eigenvalue weighted by molar-refractivity contribution is 6.33. The van der Waals surface area contributed by atoms with Gasteiger partial charge in [0.05, 0.1) is 10.6 Å². The number of nitrogens with zero attached hydrogens (tertiary/aromatic N) is 1. The van der Waals surface area contributed by atoms with Crippen LogP contribution in [-0.2, 0) is 4.79 Å². The van der Waals surface area contributed by atoms with Gasteiger partial charge in [0, 0.05) is 25.3 Å². The van der Waals surface area contributed by atoms with E-state index in [-0.39, 0.29) is 17.7 Å². The topological polar surface area (TPSA) is 61.4 Å². The van der Waals surface area contributed by atoms with Crippen LogP contribution in [0.3, 0.4) is 0 Å². The molecule has 5 nitrogen and oxygen atoms in total. The van der Waals surface area contributed by atoms with E-state index in [0.29, 0.717) is 17.1 Å². The Kier molecular flexibility index (Phi) is 9.00. The molecular formula is C23H30ClN3O2. The molecule has 2 amide bonds. The fourth-order valence-corrected chi connectivity index (χ4v) is 3.32. The minimum atomic E-state index is -0.616. The van der Waals surface area contributed by atoms with Gasteiger partial charge in [0.1, 0.15) is 6.04 Å². The number of nitrogens with one attached hydrogen (secondary N) is 2. The lowest BCUT2D eigenvalue weighted by Gasteiger charge is -2.24. The van der Waals surface area contributed by atoms with Gasteiger partial charge in [-0.2, -0.15) is 0 Å². The van der Waals surface area contributed by atoms with Crippen LogP contribution >= 0.6 is 11.6 Å². The normalized spacial score (nSPS) is 11.8. The van der Waals surface area contributed by atoms with Gasteiger partial charge in [-0.3, -0.25) is 9.59 Å². The molecule has 0 aliphatic rings. The summed E-state index contributed by atoms with van der Waals surface area (Å²) in [6, 6.07) is 16.4. The molecule has 0 aromatic heterocycles. The van der Waals surface area contributed by atoms with Crippen molar-refractivity contribution in [1.82, 2.24) is 10.6 Å². The molecule has 0 heterocycles. The molecule has 1 unspecified atom stereocenters. The number of anilines is 1. The summed E-state index contributed by atoms with van der Waals surface area (Å²) >= 11 is 6.09. The van der Waals surface area contributed by atoms with Gasteiger partial charge < -0.3 is 15.5 Å². The molecule has 0 saturated carbocycles. The Morgan fingerprint density at radius 1 is 1.03 bits per heavy atom. The third-order valence-corrected chi connectivity index (χ3v) is 5.09. The average molecular weight is 416 g/mol. The Labute approximate surface area is 178 Å². The molecule has 6 heteroatoms. The minimum absolute atomic E-state index is 0.0436. The maximum absolute atomic E-state index is 12.6. The first-order valence-corrected chi connectivity index (χ1v) is 10.4. The molecular weight excluding hydrogens is 386 g/mol. The van der Waals surface area contributed by atoms with Crippen molar-refractivity contribution in [2.24, 2.45) is 5.92 Å². The predicted octanol–water partition coefficient (Wildman–Crippen LogP) is 4.13. The van der Waals surface area contributed by atoms with Crippen LogP contribution in [0.15, 0.2) is 54.6 Å². The zero-order valence-electron chi connectivity index (χ0n) is 17.3. The lowest BCUT2D eigenvalue weighted by atomic mass is 10.0. The summed E-state index contributed by atoms with van der Waals surface area (Å²) in [6.07, 6.45) is 0.817. The second kappa shape index (κ2) is 11.5. The number of benzene rings is 2. The Balaban J connectivity index is 1.86. The third kappa shape index (κ3) is 6.79. The number of hydrogen-bond donors (Lipinski definition) is 2. The van der Waals surface area contributed by atoms with Crippen LogP contribution in [0.4, 0.5) is 5.69 Å². The SMILES string of the molecule is CCN(CCCNC(=O)C(NC(=O)c1ccccc1Cl)C(C)C)c1ccccc1. The number of amides is 2. The molecule has 0 radical (unpaired) electrons. The highest BCUT2D eigenvalue weighted by Gasteiger charge is 2.25. The zero-order valence-corrected chi connectivity index (χ0v) is 18.1. The van der Waals surface area contributed by atoms with E-state index >= 15 is 0 Å². The summed E-state index contributed by atoms with van der Waals surface area (Å²) in [5.41, 5.74) is 1.54. The Morgan fingerprint density at radius 3 is 2.31 bits per heavy atom. The van der Waals surface area contributed by atoms with Crippen LogP contribution in [0.1, 0.15) is 37.6 Å². The number of hydrogen-bond acceptors (Lipinski definition) is 3. The molecule has 0 spiro atoms. The Morgan fingerprint density at radius 2 is 1.69 bits per heavy atom. The van der Waals surface area contributed by atoms with Gasteiger partial charge in [0.25, 0.3) is 5.91 Å². The van der Waals surface area contributed by atoms with E-state index in [1.165, 1.54) is 5.69 Å². The van der Waals surface area contributed by atoms with Crippen molar-refractivity contribution in [3.63, 3.8) is 0 Å². The maximum Gasteiger partial charge on any atom is 0.253 e. The van der Waals surface area contributed by atoms with E-state index in [0.717, 1.165) is 19.5 Å². The van der Waals surface area contributed by atoms with Gasteiger partial charge >= 0.3 is 0 Å². The lowest BCUT2D eigenvalue weighted by Crippen LogP contribution is -2.50. The molecule has 0 fully saturated rings. The fraction of sp³-hybridized carbons (Fsp3) is 0.391. The van der Waals surface area contributed by atoms with Gasteiger partial charge in [-0.15, -0.1) is 0 Å². The van der Waals surface area contributed by atoms with Crippen molar-refractivity contribution >= 4 is 29.1 Å². The standard InChI is InChI=1S/C23H30ClN3O2/c1-4-27(18-11-6-5-7-12-18)16-10-15-25-23(29)21(17(2)3)26-22(28)19-13-8-9-14-20(19)24/h5-9,11-14,17,21H,4,10,15-16H2,1-3H3,(H,25,29)(H,26,28). The molecule has 2 aromatic carbocycles. The van der Waals surface area contributed by atoms with E-state index in [1.807, 2.05) is 32.0 Å². The van der Waals surface area contributed by atoms with Crippen molar-refractivity contribution in [2.45, 2.75) is 33.2 Å². The summed E-state index contributed by atoms with van der Waals surface area (Å²) in [7, 11) is 0. The Bertz CT molecular complexity index is 796. The van der Waals surface area contributed by atoms with E-state index in [2.05, 4.69) is 34.6 Å². The minimum Gasteiger partial charge on any atom is -0.372 e. The molecule has 0 aliphatic carbocycles. The van der Waals surface area contributed by atoms with Gasteiger partial charge in [-0.05, 0) is 43.5 Å². The first-order valence-electron chi connectivity index (χ1n) is 10.1. The molecule has 2 N–H and O–H groups in total. The van der Waals surface area contributed by atoms with E-state index < -0.39 is 6.04 Å². The molecule has 2 aromatic rings. The van der Waals surface area contributed by atoms with E-state index in [4.69, 9.17) is 11.6 Å². The summed E-state index contributed by atoms with van der Waals surface area (Å²) in [5, 5.41) is 6.14. The maximum atomic E-state index is 12.6. The van der Waals surface area contributed by atoms with Crippen LogP contribution in [-0.4, -0.2) is 37.5 Å². The van der Waals surface area contributed by atoms with E-state index in [9.17, 15) is 9.59 Å². The van der Waals surface area contributed by atoms with Crippen LogP contribution in [0, 0.1) is 5.92 Å². The van der Waals surface area contributed by atoms with Crippen LogP contribution in [0.25, 0.3) is 0 Å². The highest BCUT2D eigenvalue weighted by Crippen LogP contribution is 2.16. The number of para-hydroxylation sites is 1. The second-order valence-corrected chi connectivity index (χ2v) is 7.64. The quantitative estimate of drug-likeness (QED) is 0.573. The number of rotatable bonds is 10. The Hall–Kier alpha value is -2.53.